The predicted octanol–water partition coefficient (Wildman–Crippen LogP) is 4.57. The van der Waals surface area contributed by atoms with Crippen LogP contribution in [0.25, 0.3) is 0 Å². The van der Waals surface area contributed by atoms with Gasteiger partial charge in [-0.2, -0.15) is 0 Å². The molecule has 31 heavy (non-hydrogen) atoms. The summed E-state index contributed by atoms with van der Waals surface area (Å²) in [4.78, 5) is 25.2. The number of unbranched alkanes of at least 4 members (excludes halogenated alkanes) is 9. The Labute approximate surface area is 190 Å². The van der Waals surface area contributed by atoms with Gasteiger partial charge in [-0.3, -0.25) is 4.57 Å². The molecule has 186 valence electrons. The van der Waals surface area contributed by atoms with Crippen LogP contribution < -0.4 is 4.89 Å². The van der Waals surface area contributed by atoms with E-state index in [1.54, 1.807) is 14.1 Å². The predicted molar refractivity (Wildman–Crippen MR) is 123 cm³/mol. The number of amides is 1. The topological polar surface area (TPSA) is 88.1 Å². The van der Waals surface area contributed by atoms with Crippen molar-refractivity contribution in [3.63, 3.8) is 0 Å². The number of hydrogen-bond acceptors (Lipinski definition) is 6. The molecule has 1 amide bonds. The van der Waals surface area contributed by atoms with E-state index in [2.05, 4.69) is 6.92 Å². The SMILES string of the molecule is CCCCCCCCCCCCC(COC(=O)N(C)C)OP(=O)([O-])OCC[N+](C)(C)C. The van der Waals surface area contributed by atoms with Crippen LogP contribution in [0.5, 0.6) is 0 Å². The van der Waals surface area contributed by atoms with E-state index in [1.165, 1.54) is 49.8 Å². The van der Waals surface area contributed by atoms with E-state index in [9.17, 15) is 14.3 Å². The molecule has 0 saturated carbocycles. The second-order valence-electron chi connectivity index (χ2n) is 9.46. The second kappa shape index (κ2) is 16.9. The van der Waals surface area contributed by atoms with Gasteiger partial charge in [-0.05, 0) is 6.42 Å². The van der Waals surface area contributed by atoms with Gasteiger partial charge in [0.1, 0.15) is 25.9 Å². The van der Waals surface area contributed by atoms with Crippen molar-refractivity contribution in [2.75, 3.05) is 55.0 Å². The molecule has 0 aliphatic carbocycles. The van der Waals surface area contributed by atoms with Gasteiger partial charge >= 0.3 is 6.09 Å². The summed E-state index contributed by atoms with van der Waals surface area (Å²) >= 11 is 0. The molecule has 0 aromatic heterocycles. The number of ether oxygens (including phenoxy) is 1. The number of phosphoric acid groups is 1. The summed E-state index contributed by atoms with van der Waals surface area (Å²) < 4.78 is 28.2. The first-order valence-corrected chi connectivity index (χ1v) is 13.2. The fraction of sp³-hybridized carbons (Fsp3) is 0.955. The Bertz CT molecular complexity index is 511. The molecule has 2 unspecified atom stereocenters. The molecular formula is C22H47N2O6P. The lowest BCUT2D eigenvalue weighted by Gasteiger charge is -2.30. The lowest BCUT2D eigenvalue weighted by molar-refractivity contribution is -0.870. The van der Waals surface area contributed by atoms with E-state index in [0.29, 0.717) is 17.4 Å². The van der Waals surface area contributed by atoms with Crippen LogP contribution in [0.15, 0.2) is 0 Å². The Morgan fingerprint density at radius 3 is 1.97 bits per heavy atom. The van der Waals surface area contributed by atoms with Crippen LogP contribution in [0.4, 0.5) is 4.79 Å². The van der Waals surface area contributed by atoms with Gasteiger partial charge < -0.3 is 28.1 Å². The molecule has 0 aromatic rings. The molecule has 0 rings (SSSR count). The maximum Gasteiger partial charge on any atom is 0.409 e. The van der Waals surface area contributed by atoms with Crippen molar-refractivity contribution in [2.24, 2.45) is 0 Å². The van der Waals surface area contributed by atoms with Crippen LogP contribution in [0, 0.1) is 0 Å². The van der Waals surface area contributed by atoms with E-state index in [-0.39, 0.29) is 13.2 Å². The van der Waals surface area contributed by atoms with Crippen molar-refractivity contribution in [3.8, 4) is 0 Å². The molecule has 8 nitrogen and oxygen atoms in total. The third-order valence-electron chi connectivity index (χ3n) is 4.93. The first-order valence-electron chi connectivity index (χ1n) is 11.8. The van der Waals surface area contributed by atoms with Gasteiger partial charge in [-0.25, -0.2) is 4.79 Å². The molecule has 0 aliphatic heterocycles. The van der Waals surface area contributed by atoms with Gasteiger partial charge in [0.15, 0.2) is 0 Å². The van der Waals surface area contributed by atoms with Crippen molar-refractivity contribution in [1.29, 1.82) is 0 Å². The quantitative estimate of drug-likeness (QED) is 0.157. The van der Waals surface area contributed by atoms with Crippen molar-refractivity contribution in [3.05, 3.63) is 0 Å². The molecule has 0 spiro atoms. The molecule has 0 aliphatic rings. The molecule has 9 heteroatoms. The Morgan fingerprint density at radius 2 is 1.48 bits per heavy atom. The third-order valence-corrected chi connectivity index (χ3v) is 5.98. The number of quaternary nitrogens is 1. The number of rotatable bonds is 19. The van der Waals surface area contributed by atoms with E-state index in [1.807, 2.05) is 21.1 Å². The highest BCUT2D eigenvalue weighted by Crippen LogP contribution is 2.40. The van der Waals surface area contributed by atoms with E-state index >= 15 is 0 Å². The van der Waals surface area contributed by atoms with Crippen molar-refractivity contribution >= 4 is 13.9 Å². The zero-order valence-electron chi connectivity index (χ0n) is 20.8. The summed E-state index contributed by atoms with van der Waals surface area (Å²) in [5.41, 5.74) is 0. The highest BCUT2D eigenvalue weighted by molar-refractivity contribution is 7.45. The van der Waals surface area contributed by atoms with Crippen LogP contribution in [0.3, 0.4) is 0 Å². The lowest BCUT2D eigenvalue weighted by Crippen LogP contribution is -2.37. The minimum atomic E-state index is -4.46. The summed E-state index contributed by atoms with van der Waals surface area (Å²) in [5, 5.41) is 0. The summed E-state index contributed by atoms with van der Waals surface area (Å²) in [6, 6.07) is 0. The normalized spacial score (nSPS) is 14.8. The first kappa shape index (κ1) is 30.3. The summed E-state index contributed by atoms with van der Waals surface area (Å²) in [5.74, 6) is 0. The Hall–Kier alpha value is -0.660. The van der Waals surface area contributed by atoms with E-state index < -0.39 is 20.0 Å². The molecule has 0 heterocycles. The number of nitrogens with zero attached hydrogens (tertiary/aromatic N) is 2. The highest BCUT2D eigenvalue weighted by atomic mass is 31.2. The van der Waals surface area contributed by atoms with Crippen LogP contribution >= 0.6 is 7.82 Å². The third kappa shape index (κ3) is 19.7. The fourth-order valence-corrected chi connectivity index (χ4v) is 3.86. The number of carbonyl (C=O) groups excluding carboxylic acids is 1. The number of carbonyl (C=O) groups is 1. The van der Waals surface area contributed by atoms with Gasteiger partial charge in [0.05, 0.1) is 21.1 Å². The van der Waals surface area contributed by atoms with Crippen LogP contribution in [0.1, 0.15) is 77.6 Å². The number of phosphoric ester groups is 1. The average molecular weight is 467 g/mol. The minimum absolute atomic E-state index is 0.0484. The second-order valence-corrected chi connectivity index (χ2v) is 10.8. The van der Waals surface area contributed by atoms with Crippen LogP contribution in [0.2, 0.25) is 0 Å². The van der Waals surface area contributed by atoms with Gasteiger partial charge in [0.25, 0.3) is 7.82 Å². The smallest absolute Gasteiger partial charge is 0.409 e. The fourth-order valence-electron chi connectivity index (χ4n) is 2.96. The monoisotopic (exact) mass is 466 g/mol. The highest BCUT2D eigenvalue weighted by Gasteiger charge is 2.21. The zero-order valence-corrected chi connectivity index (χ0v) is 21.7. The Kier molecular flexibility index (Phi) is 16.5. The van der Waals surface area contributed by atoms with Crippen molar-refractivity contribution in [2.45, 2.75) is 83.7 Å². The Morgan fingerprint density at radius 1 is 0.968 bits per heavy atom. The van der Waals surface area contributed by atoms with E-state index in [4.69, 9.17) is 13.8 Å². The van der Waals surface area contributed by atoms with Gasteiger partial charge in [0, 0.05) is 14.1 Å². The Balaban J connectivity index is 4.34. The summed E-state index contributed by atoms with van der Waals surface area (Å²) in [6.45, 7) is 2.70. The van der Waals surface area contributed by atoms with Gasteiger partial charge in [0.2, 0.25) is 0 Å². The molecule has 0 radical (unpaired) electrons. The average Bonchev–Trinajstić information content (AvgIpc) is 2.65. The maximum atomic E-state index is 12.2. The van der Waals surface area contributed by atoms with Crippen molar-refractivity contribution < 1.29 is 32.5 Å². The lowest BCUT2D eigenvalue weighted by atomic mass is 10.0. The maximum absolute atomic E-state index is 12.2. The molecule has 0 saturated heterocycles. The molecule has 0 aromatic carbocycles. The molecular weight excluding hydrogens is 419 g/mol. The number of likely N-dealkylation sites (N-methyl/N-ethyl adjacent to an activating group) is 1. The van der Waals surface area contributed by atoms with Crippen LogP contribution in [-0.2, 0) is 18.3 Å². The van der Waals surface area contributed by atoms with Crippen LogP contribution in [-0.4, -0.2) is 76.6 Å². The zero-order chi connectivity index (χ0) is 23.8. The molecule has 2 atom stereocenters. The first-order chi connectivity index (χ1) is 14.5. The molecule has 0 bridgehead atoms. The molecule has 0 N–H and O–H groups in total. The van der Waals surface area contributed by atoms with Gasteiger partial charge in [-0.15, -0.1) is 0 Å². The summed E-state index contributed by atoms with van der Waals surface area (Å²) in [7, 11) is 4.55. The number of hydrogen-bond donors (Lipinski definition) is 0. The van der Waals surface area contributed by atoms with Gasteiger partial charge in [-0.1, -0.05) is 71.1 Å². The standard InChI is InChI=1S/C22H47N2O6P/c1-7-8-9-10-11-12-13-14-15-16-17-21(20-28-22(25)23(2)3)30-31(26,27)29-19-18-24(4,5)6/h21H,7-20H2,1-6H3. The van der Waals surface area contributed by atoms with E-state index in [0.717, 1.165) is 19.3 Å². The van der Waals surface area contributed by atoms with Crippen molar-refractivity contribution in [1.82, 2.24) is 4.90 Å². The largest absolute Gasteiger partial charge is 0.756 e. The minimum Gasteiger partial charge on any atom is -0.756 e. The molecule has 0 fully saturated rings. The summed E-state index contributed by atoms with van der Waals surface area (Å²) in [6.07, 6.45) is 11.1.